The summed E-state index contributed by atoms with van der Waals surface area (Å²) in [7, 11) is 1.64. The predicted molar refractivity (Wildman–Crippen MR) is 105 cm³/mol. The largest absolute Gasteiger partial charge is 0.497 e. The van der Waals surface area contributed by atoms with E-state index < -0.39 is 0 Å². The fourth-order valence-corrected chi connectivity index (χ4v) is 3.19. The van der Waals surface area contributed by atoms with Crippen molar-refractivity contribution in [3.63, 3.8) is 0 Å². The van der Waals surface area contributed by atoms with E-state index in [1.807, 2.05) is 36.4 Å². The van der Waals surface area contributed by atoms with Crippen molar-refractivity contribution in [3.05, 3.63) is 71.3 Å². The van der Waals surface area contributed by atoms with E-state index in [1.165, 1.54) is 37.1 Å². The summed E-state index contributed by atoms with van der Waals surface area (Å²) in [6.45, 7) is 3.86. The van der Waals surface area contributed by atoms with Crippen LogP contribution in [0.4, 0.5) is 0 Å². The fraction of sp³-hybridized carbons (Fsp3) is 0.318. The topological polar surface area (TPSA) is 41.6 Å². The molecular formula is C22H26N2O2. The average molecular weight is 350 g/mol. The van der Waals surface area contributed by atoms with Gasteiger partial charge in [0.2, 0.25) is 5.91 Å². The Bertz CT molecular complexity index is 747. The van der Waals surface area contributed by atoms with Crippen molar-refractivity contribution < 1.29 is 9.53 Å². The number of nitrogens with zero attached hydrogens (tertiary/aromatic N) is 1. The van der Waals surface area contributed by atoms with Crippen LogP contribution < -0.4 is 10.1 Å². The molecule has 0 bridgehead atoms. The third kappa shape index (κ3) is 5.20. The standard InChI is InChI=1S/C22H26N2O2/c1-26-21-11-8-18(9-12-21)10-13-22(25)23-16-19-6-2-3-7-20(19)17-24-14-4-5-15-24/h2-3,6-13H,4-5,14-17H2,1H3,(H,23,25)/b13-10+. The van der Waals surface area contributed by atoms with E-state index in [0.717, 1.165) is 17.9 Å². The van der Waals surface area contributed by atoms with E-state index in [2.05, 4.69) is 28.4 Å². The highest BCUT2D eigenvalue weighted by molar-refractivity contribution is 5.91. The molecular weight excluding hydrogens is 324 g/mol. The van der Waals surface area contributed by atoms with E-state index in [1.54, 1.807) is 13.2 Å². The van der Waals surface area contributed by atoms with Crippen LogP contribution in [0.1, 0.15) is 29.5 Å². The maximum absolute atomic E-state index is 12.1. The van der Waals surface area contributed by atoms with Crippen LogP contribution in [-0.4, -0.2) is 31.0 Å². The molecule has 0 aromatic heterocycles. The molecule has 0 unspecified atom stereocenters. The minimum atomic E-state index is -0.0863. The summed E-state index contributed by atoms with van der Waals surface area (Å²) in [5.41, 5.74) is 3.45. The van der Waals surface area contributed by atoms with Gasteiger partial charge in [-0.2, -0.15) is 0 Å². The first-order chi connectivity index (χ1) is 12.7. The number of hydrogen-bond acceptors (Lipinski definition) is 3. The second kappa shape index (κ2) is 9.20. The number of nitrogens with one attached hydrogen (secondary N) is 1. The van der Waals surface area contributed by atoms with Crippen LogP contribution >= 0.6 is 0 Å². The number of amides is 1. The predicted octanol–water partition coefficient (Wildman–Crippen LogP) is 3.62. The minimum absolute atomic E-state index is 0.0863. The Balaban J connectivity index is 1.54. The Labute approximate surface area is 155 Å². The highest BCUT2D eigenvalue weighted by atomic mass is 16.5. The molecule has 2 aromatic rings. The smallest absolute Gasteiger partial charge is 0.244 e. The average Bonchev–Trinajstić information content (AvgIpc) is 3.19. The van der Waals surface area contributed by atoms with E-state index in [0.29, 0.717) is 6.54 Å². The van der Waals surface area contributed by atoms with Gasteiger partial charge in [0.25, 0.3) is 0 Å². The number of carbonyl (C=O) groups excluding carboxylic acids is 1. The van der Waals surface area contributed by atoms with Gasteiger partial charge in [-0.15, -0.1) is 0 Å². The first-order valence-corrected chi connectivity index (χ1v) is 9.14. The maximum atomic E-state index is 12.1. The fourth-order valence-electron chi connectivity index (χ4n) is 3.19. The summed E-state index contributed by atoms with van der Waals surface area (Å²) in [6, 6.07) is 16.0. The number of carbonyl (C=O) groups is 1. The molecule has 3 rings (SSSR count). The SMILES string of the molecule is COc1ccc(/C=C/C(=O)NCc2ccccc2CN2CCCC2)cc1. The van der Waals surface area contributed by atoms with Gasteiger partial charge >= 0.3 is 0 Å². The van der Waals surface area contributed by atoms with Crippen molar-refractivity contribution in [2.24, 2.45) is 0 Å². The molecule has 4 nitrogen and oxygen atoms in total. The second-order valence-electron chi connectivity index (χ2n) is 6.58. The Morgan fingerprint density at radius 1 is 1.08 bits per heavy atom. The van der Waals surface area contributed by atoms with Gasteiger partial charge in [-0.05, 0) is 60.8 Å². The first kappa shape index (κ1) is 18.2. The van der Waals surface area contributed by atoms with Crippen LogP contribution in [0.15, 0.2) is 54.6 Å². The first-order valence-electron chi connectivity index (χ1n) is 9.14. The lowest BCUT2D eigenvalue weighted by Gasteiger charge is -2.17. The Morgan fingerprint density at radius 2 is 1.77 bits per heavy atom. The van der Waals surface area contributed by atoms with Crippen LogP contribution in [-0.2, 0) is 17.9 Å². The molecule has 0 atom stereocenters. The number of methoxy groups -OCH3 is 1. The normalized spacial score (nSPS) is 14.7. The van der Waals surface area contributed by atoms with Gasteiger partial charge in [0.1, 0.15) is 5.75 Å². The summed E-state index contributed by atoms with van der Waals surface area (Å²) in [6.07, 6.45) is 5.96. The molecule has 1 aliphatic heterocycles. The zero-order valence-electron chi connectivity index (χ0n) is 15.3. The number of rotatable bonds is 7. The van der Waals surface area contributed by atoms with Gasteiger partial charge < -0.3 is 10.1 Å². The van der Waals surface area contributed by atoms with Gasteiger partial charge in [-0.25, -0.2) is 0 Å². The molecule has 4 heteroatoms. The van der Waals surface area contributed by atoms with Crippen molar-refractivity contribution in [3.8, 4) is 5.75 Å². The summed E-state index contributed by atoms with van der Waals surface area (Å²) in [4.78, 5) is 14.6. The molecule has 26 heavy (non-hydrogen) atoms. The Morgan fingerprint density at radius 3 is 2.46 bits per heavy atom. The molecule has 2 aromatic carbocycles. The van der Waals surface area contributed by atoms with Gasteiger partial charge in [-0.1, -0.05) is 36.4 Å². The van der Waals surface area contributed by atoms with E-state index in [4.69, 9.17) is 4.74 Å². The summed E-state index contributed by atoms with van der Waals surface area (Å²) < 4.78 is 5.13. The molecule has 0 radical (unpaired) electrons. The van der Waals surface area contributed by atoms with Crippen molar-refractivity contribution in [2.45, 2.75) is 25.9 Å². The lowest BCUT2D eigenvalue weighted by Crippen LogP contribution is -2.23. The van der Waals surface area contributed by atoms with E-state index in [-0.39, 0.29) is 5.91 Å². The van der Waals surface area contributed by atoms with Crippen LogP contribution in [0.2, 0.25) is 0 Å². The third-order valence-corrected chi connectivity index (χ3v) is 4.71. The third-order valence-electron chi connectivity index (χ3n) is 4.71. The number of hydrogen-bond donors (Lipinski definition) is 1. The highest BCUT2D eigenvalue weighted by Gasteiger charge is 2.13. The van der Waals surface area contributed by atoms with E-state index >= 15 is 0 Å². The molecule has 0 spiro atoms. The second-order valence-corrected chi connectivity index (χ2v) is 6.58. The summed E-state index contributed by atoms with van der Waals surface area (Å²) >= 11 is 0. The lowest BCUT2D eigenvalue weighted by molar-refractivity contribution is -0.116. The van der Waals surface area contributed by atoms with Gasteiger partial charge in [-0.3, -0.25) is 9.69 Å². The molecule has 0 saturated carbocycles. The molecule has 1 N–H and O–H groups in total. The number of ether oxygens (including phenoxy) is 1. The molecule has 136 valence electrons. The molecule has 0 aliphatic carbocycles. The van der Waals surface area contributed by atoms with Crippen LogP contribution in [0.3, 0.4) is 0 Å². The Kier molecular flexibility index (Phi) is 6.45. The van der Waals surface area contributed by atoms with Gasteiger partial charge in [0.15, 0.2) is 0 Å². The van der Waals surface area contributed by atoms with Crippen molar-refractivity contribution >= 4 is 12.0 Å². The van der Waals surface area contributed by atoms with Crippen LogP contribution in [0, 0.1) is 0 Å². The summed E-state index contributed by atoms with van der Waals surface area (Å²) in [5.74, 6) is 0.720. The van der Waals surface area contributed by atoms with Crippen molar-refractivity contribution in [1.82, 2.24) is 10.2 Å². The number of benzene rings is 2. The van der Waals surface area contributed by atoms with Crippen LogP contribution in [0.5, 0.6) is 5.75 Å². The van der Waals surface area contributed by atoms with Crippen molar-refractivity contribution in [1.29, 1.82) is 0 Å². The molecule has 1 heterocycles. The maximum Gasteiger partial charge on any atom is 0.244 e. The molecule has 1 fully saturated rings. The monoisotopic (exact) mass is 350 g/mol. The van der Waals surface area contributed by atoms with Gasteiger partial charge in [0, 0.05) is 19.2 Å². The quantitative estimate of drug-likeness (QED) is 0.776. The van der Waals surface area contributed by atoms with Crippen LogP contribution in [0.25, 0.3) is 6.08 Å². The van der Waals surface area contributed by atoms with Gasteiger partial charge in [0.05, 0.1) is 7.11 Å². The van der Waals surface area contributed by atoms with E-state index in [9.17, 15) is 4.79 Å². The highest BCUT2D eigenvalue weighted by Crippen LogP contribution is 2.16. The zero-order chi connectivity index (χ0) is 18.2. The molecule has 1 aliphatic rings. The minimum Gasteiger partial charge on any atom is -0.497 e. The lowest BCUT2D eigenvalue weighted by atomic mass is 10.1. The number of likely N-dealkylation sites (tertiary alicyclic amines) is 1. The molecule has 1 amide bonds. The van der Waals surface area contributed by atoms with Crippen molar-refractivity contribution in [2.75, 3.05) is 20.2 Å². The summed E-state index contributed by atoms with van der Waals surface area (Å²) in [5, 5.41) is 2.99. The Hall–Kier alpha value is -2.59. The molecule has 1 saturated heterocycles. The zero-order valence-corrected chi connectivity index (χ0v) is 15.3.